The standard InChI is InChI=1S/C12H14ClNO2/c1-2-16-12(15)14-7-3-4-9-8-10(13)5-6-11(9)14/h5-6,8H,2-4,7H2,1H3. The molecule has 0 saturated carbocycles. The Morgan fingerprint density at radius 2 is 2.38 bits per heavy atom. The molecule has 0 saturated heterocycles. The Kier molecular flexibility index (Phi) is 3.34. The lowest BCUT2D eigenvalue weighted by Crippen LogP contribution is -2.35. The number of aryl methyl sites for hydroxylation is 1. The lowest BCUT2D eigenvalue weighted by atomic mass is 10.0. The van der Waals surface area contributed by atoms with Gasteiger partial charge in [0.1, 0.15) is 0 Å². The zero-order chi connectivity index (χ0) is 11.5. The van der Waals surface area contributed by atoms with E-state index in [1.165, 1.54) is 0 Å². The molecule has 0 spiro atoms. The number of nitrogens with zero attached hydrogens (tertiary/aromatic N) is 1. The Morgan fingerprint density at radius 3 is 3.12 bits per heavy atom. The van der Waals surface area contributed by atoms with E-state index in [2.05, 4.69) is 0 Å². The maximum Gasteiger partial charge on any atom is 0.414 e. The number of rotatable bonds is 1. The summed E-state index contributed by atoms with van der Waals surface area (Å²) in [5, 5.41) is 0.712. The van der Waals surface area contributed by atoms with Crippen molar-refractivity contribution in [3.05, 3.63) is 28.8 Å². The number of hydrogen-bond donors (Lipinski definition) is 0. The summed E-state index contributed by atoms with van der Waals surface area (Å²) in [5.41, 5.74) is 2.04. The van der Waals surface area contributed by atoms with Gasteiger partial charge < -0.3 is 4.74 Å². The van der Waals surface area contributed by atoms with Gasteiger partial charge in [-0.25, -0.2) is 4.79 Å². The van der Waals surface area contributed by atoms with Crippen LogP contribution in [0, 0.1) is 0 Å². The highest BCUT2D eigenvalue weighted by atomic mass is 35.5. The van der Waals surface area contributed by atoms with E-state index in [1.807, 2.05) is 19.1 Å². The van der Waals surface area contributed by atoms with Crippen LogP contribution in [0.3, 0.4) is 0 Å². The van der Waals surface area contributed by atoms with Crippen LogP contribution in [0.15, 0.2) is 18.2 Å². The van der Waals surface area contributed by atoms with E-state index in [0.29, 0.717) is 18.2 Å². The maximum absolute atomic E-state index is 11.7. The van der Waals surface area contributed by atoms with Gasteiger partial charge in [-0.2, -0.15) is 0 Å². The van der Waals surface area contributed by atoms with E-state index in [0.717, 1.165) is 24.1 Å². The van der Waals surface area contributed by atoms with Crippen LogP contribution in [0.4, 0.5) is 10.5 Å². The molecular weight excluding hydrogens is 226 g/mol. The van der Waals surface area contributed by atoms with Crippen molar-refractivity contribution < 1.29 is 9.53 Å². The van der Waals surface area contributed by atoms with E-state index >= 15 is 0 Å². The zero-order valence-electron chi connectivity index (χ0n) is 9.20. The van der Waals surface area contributed by atoms with Crippen molar-refractivity contribution in [3.8, 4) is 0 Å². The van der Waals surface area contributed by atoms with Crippen LogP contribution in [0.5, 0.6) is 0 Å². The van der Waals surface area contributed by atoms with Crippen LogP contribution in [-0.2, 0) is 11.2 Å². The fraction of sp³-hybridized carbons (Fsp3) is 0.417. The Morgan fingerprint density at radius 1 is 1.56 bits per heavy atom. The number of anilines is 1. The lowest BCUT2D eigenvalue weighted by molar-refractivity contribution is 0.159. The third-order valence-corrected chi connectivity index (χ3v) is 2.88. The minimum absolute atomic E-state index is 0.272. The molecule has 0 radical (unpaired) electrons. The highest BCUT2D eigenvalue weighted by Crippen LogP contribution is 2.29. The van der Waals surface area contributed by atoms with Crippen molar-refractivity contribution in [1.29, 1.82) is 0 Å². The minimum Gasteiger partial charge on any atom is -0.449 e. The third-order valence-electron chi connectivity index (χ3n) is 2.65. The Labute approximate surface area is 100.0 Å². The number of hydrogen-bond acceptors (Lipinski definition) is 2. The molecule has 1 heterocycles. The van der Waals surface area contributed by atoms with Crippen LogP contribution in [-0.4, -0.2) is 19.2 Å². The fourth-order valence-electron chi connectivity index (χ4n) is 1.96. The van der Waals surface area contributed by atoms with E-state index in [9.17, 15) is 4.79 Å². The summed E-state index contributed by atoms with van der Waals surface area (Å²) in [6.07, 6.45) is 1.64. The topological polar surface area (TPSA) is 29.5 Å². The molecular formula is C12H14ClNO2. The van der Waals surface area contributed by atoms with Gasteiger partial charge in [0.25, 0.3) is 0 Å². The smallest absolute Gasteiger partial charge is 0.414 e. The van der Waals surface area contributed by atoms with Gasteiger partial charge >= 0.3 is 6.09 Å². The molecule has 1 aromatic carbocycles. The first-order chi connectivity index (χ1) is 7.72. The summed E-state index contributed by atoms with van der Waals surface area (Å²) in [7, 11) is 0. The Bertz CT molecular complexity index is 406. The maximum atomic E-state index is 11.7. The second kappa shape index (κ2) is 4.74. The van der Waals surface area contributed by atoms with Crippen LogP contribution in [0.2, 0.25) is 5.02 Å². The molecule has 0 aromatic heterocycles. The highest BCUT2D eigenvalue weighted by molar-refractivity contribution is 6.30. The van der Waals surface area contributed by atoms with Gasteiger partial charge in [-0.1, -0.05) is 11.6 Å². The average Bonchev–Trinajstić information content (AvgIpc) is 2.28. The summed E-state index contributed by atoms with van der Waals surface area (Å²) in [5.74, 6) is 0. The van der Waals surface area contributed by atoms with E-state index < -0.39 is 0 Å². The predicted molar refractivity (Wildman–Crippen MR) is 64.1 cm³/mol. The largest absolute Gasteiger partial charge is 0.449 e. The number of benzene rings is 1. The molecule has 0 atom stereocenters. The van der Waals surface area contributed by atoms with Gasteiger partial charge in [0.15, 0.2) is 0 Å². The van der Waals surface area contributed by atoms with Crippen molar-refractivity contribution >= 4 is 23.4 Å². The molecule has 0 fully saturated rings. The van der Waals surface area contributed by atoms with Gasteiger partial charge in [-0.05, 0) is 43.5 Å². The number of carbonyl (C=O) groups is 1. The molecule has 16 heavy (non-hydrogen) atoms. The van der Waals surface area contributed by atoms with Gasteiger partial charge in [0.2, 0.25) is 0 Å². The van der Waals surface area contributed by atoms with Crippen LogP contribution in [0.25, 0.3) is 0 Å². The molecule has 2 rings (SSSR count). The molecule has 0 N–H and O–H groups in total. The van der Waals surface area contributed by atoms with Crippen molar-refractivity contribution in [1.82, 2.24) is 0 Å². The fourth-order valence-corrected chi connectivity index (χ4v) is 2.15. The minimum atomic E-state index is -0.272. The van der Waals surface area contributed by atoms with E-state index in [4.69, 9.17) is 16.3 Å². The van der Waals surface area contributed by atoms with Crippen molar-refractivity contribution in [3.63, 3.8) is 0 Å². The number of ether oxygens (including phenoxy) is 1. The average molecular weight is 240 g/mol. The molecule has 1 aliphatic rings. The van der Waals surface area contributed by atoms with Crippen LogP contribution in [0.1, 0.15) is 18.9 Å². The first-order valence-electron chi connectivity index (χ1n) is 5.45. The molecule has 86 valence electrons. The van der Waals surface area contributed by atoms with E-state index in [-0.39, 0.29) is 6.09 Å². The lowest BCUT2D eigenvalue weighted by Gasteiger charge is -2.28. The first-order valence-corrected chi connectivity index (χ1v) is 5.83. The second-order valence-corrected chi connectivity index (χ2v) is 4.16. The number of halogens is 1. The Hall–Kier alpha value is -1.22. The van der Waals surface area contributed by atoms with Crippen molar-refractivity contribution in [2.24, 2.45) is 0 Å². The predicted octanol–water partition coefficient (Wildman–Crippen LogP) is 3.25. The van der Waals surface area contributed by atoms with Gasteiger partial charge in [-0.15, -0.1) is 0 Å². The molecule has 1 aromatic rings. The third kappa shape index (κ3) is 2.14. The molecule has 1 amide bonds. The van der Waals surface area contributed by atoms with Crippen molar-refractivity contribution in [2.75, 3.05) is 18.1 Å². The zero-order valence-corrected chi connectivity index (χ0v) is 9.96. The summed E-state index contributed by atoms with van der Waals surface area (Å²) in [6, 6.07) is 5.61. The number of fused-ring (bicyclic) bond motifs is 1. The van der Waals surface area contributed by atoms with Crippen LogP contribution < -0.4 is 4.90 Å². The van der Waals surface area contributed by atoms with Gasteiger partial charge in [0, 0.05) is 11.6 Å². The molecule has 4 heteroatoms. The Balaban J connectivity index is 2.29. The number of carbonyl (C=O) groups excluding carboxylic acids is 1. The van der Waals surface area contributed by atoms with Crippen molar-refractivity contribution in [2.45, 2.75) is 19.8 Å². The quantitative estimate of drug-likeness (QED) is 0.753. The monoisotopic (exact) mass is 239 g/mol. The molecule has 1 aliphatic heterocycles. The van der Waals surface area contributed by atoms with E-state index in [1.54, 1.807) is 11.0 Å². The van der Waals surface area contributed by atoms with Crippen LogP contribution >= 0.6 is 11.6 Å². The summed E-state index contributed by atoms with van der Waals surface area (Å²) in [4.78, 5) is 13.4. The highest BCUT2D eigenvalue weighted by Gasteiger charge is 2.23. The normalized spacial score (nSPS) is 14.5. The van der Waals surface area contributed by atoms with Gasteiger partial charge in [-0.3, -0.25) is 4.90 Å². The summed E-state index contributed by atoms with van der Waals surface area (Å²) >= 11 is 5.93. The molecule has 0 unspecified atom stereocenters. The summed E-state index contributed by atoms with van der Waals surface area (Å²) < 4.78 is 5.02. The summed E-state index contributed by atoms with van der Waals surface area (Å²) in [6.45, 7) is 2.93. The number of amides is 1. The molecule has 0 aliphatic carbocycles. The second-order valence-electron chi connectivity index (χ2n) is 3.73. The van der Waals surface area contributed by atoms with Gasteiger partial charge in [0.05, 0.1) is 12.3 Å². The molecule has 0 bridgehead atoms. The molecule has 3 nitrogen and oxygen atoms in total. The SMILES string of the molecule is CCOC(=O)N1CCCc2cc(Cl)ccc21. The first kappa shape index (κ1) is 11.3.